The fraction of sp³-hybridized carbons (Fsp3) is 0.348. The van der Waals surface area contributed by atoms with Crippen molar-refractivity contribution in [2.75, 3.05) is 17.2 Å². The third-order valence-electron chi connectivity index (χ3n) is 6.24. The van der Waals surface area contributed by atoms with Crippen LogP contribution in [0.3, 0.4) is 0 Å². The summed E-state index contributed by atoms with van der Waals surface area (Å²) in [5.41, 5.74) is 11.6. The minimum Gasteiger partial charge on any atom is -0.399 e. The second kappa shape index (κ2) is 6.45. The lowest BCUT2D eigenvalue weighted by molar-refractivity contribution is 0.186. The molecule has 27 heavy (non-hydrogen) atoms. The number of benzene rings is 2. The minimum atomic E-state index is 0.183. The topological polar surface area (TPSA) is 49.6 Å². The Morgan fingerprint density at radius 1 is 1.04 bits per heavy atom. The smallest absolute Gasteiger partial charge is 0.325 e. The van der Waals surface area contributed by atoms with Crippen LogP contribution >= 0.6 is 0 Å². The van der Waals surface area contributed by atoms with Gasteiger partial charge in [0, 0.05) is 24.0 Å². The lowest BCUT2D eigenvalue weighted by Gasteiger charge is -2.39. The van der Waals surface area contributed by atoms with E-state index in [1.54, 1.807) is 0 Å². The molecule has 2 unspecified atom stereocenters. The monoisotopic (exact) mass is 359 g/mol. The van der Waals surface area contributed by atoms with E-state index >= 15 is 0 Å². The summed E-state index contributed by atoms with van der Waals surface area (Å²) >= 11 is 0. The van der Waals surface area contributed by atoms with E-state index in [9.17, 15) is 4.79 Å². The zero-order chi connectivity index (χ0) is 18.4. The van der Waals surface area contributed by atoms with Crippen molar-refractivity contribution >= 4 is 23.0 Å². The Bertz CT molecular complexity index is 902. The van der Waals surface area contributed by atoms with Crippen LogP contribution in [0.4, 0.5) is 16.2 Å². The zero-order valence-electron chi connectivity index (χ0n) is 15.5. The second-order valence-electron chi connectivity index (χ2n) is 7.89. The van der Waals surface area contributed by atoms with Crippen LogP contribution in [0, 0.1) is 0 Å². The van der Waals surface area contributed by atoms with Gasteiger partial charge < -0.3 is 10.6 Å². The molecule has 4 nitrogen and oxygen atoms in total. The highest BCUT2D eigenvalue weighted by Crippen LogP contribution is 2.40. The molecule has 3 aliphatic rings. The van der Waals surface area contributed by atoms with Crippen LogP contribution in [0.15, 0.2) is 54.6 Å². The number of carbonyl (C=O) groups excluding carboxylic acids is 1. The van der Waals surface area contributed by atoms with E-state index in [2.05, 4.69) is 41.3 Å². The fourth-order valence-electron chi connectivity index (χ4n) is 4.91. The fourth-order valence-corrected chi connectivity index (χ4v) is 4.91. The first kappa shape index (κ1) is 16.4. The molecule has 4 heteroatoms. The predicted molar refractivity (Wildman–Crippen MR) is 110 cm³/mol. The number of anilines is 2. The molecule has 2 amide bonds. The largest absolute Gasteiger partial charge is 0.399 e. The molecule has 0 aliphatic carbocycles. The average molecular weight is 359 g/mol. The summed E-state index contributed by atoms with van der Waals surface area (Å²) in [5.74, 6) is 0. The van der Waals surface area contributed by atoms with Crippen molar-refractivity contribution in [3.63, 3.8) is 0 Å². The number of urea groups is 1. The van der Waals surface area contributed by atoms with Crippen LogP contribution in [0.25, 0.3) is 5.57 Å². The summed E-state index contributed by atoms with van der Waals surface area (Å²) in [6.45, 7) is 0.820. The maximum absolute atomic E-state index is 13.5. The highest BCUT2D eigenvalue weighted by molar-refractivity contribution is 5.94. The van der Waals surface area contributed by atoms with E-state index in [0.717, 1.165) is 50.0 Å². The number of para-hydroxylation sites is 1. The molecule has 5 rings (SSSR count). The minimum absolute atomic E-state index is 0.183. The zero-order valence-corrected chi connectivity index (χ0v) is 15.5. The molecule has 3 heterocycles. The van der Waals surface area contributed by atoms with Gasteiger partial charge in [0.25, 0.3) is 0 Å². The lowest BCUT2D eigenvalue weighted by atomic mass is 9.94. The number of fused-ring (bicyclic) bond motifs is 3. The average Bonchev–Trinajstić information content (AvgIpc) is 2.97. The third-order valence-corrected chi connectivity index (χ3v) is 6.24. The van der Waals surface area contributed by atoms with Gasteiger partial charge in [0.05, 0.1) is 6.04 Å². The molecule has 2 N–H and O–H groups in total. The van der Waals surface area contributed by atoms with Crippen molar-refractivity contribution in [2.45, 2.75) is 44.2 Å². The summed E-state index contributed by atoms with van der Waals surface area (Å²) < 4.78 is 0. The number of nitrogens with two attached hydrogens (primary N) is 1. The Labute approximate surface area is 160 Å². The third kappa shape index (κ3) is 2.80. The number of hydrogen-bond acceptors (Lipinski definition) is 2. The van der Waals surface area contributed by atoms with Crippen molar-refractivity contribution in [1.82, 2.24) is 4.90 Å². The first-order valence-electron chi connectivity index (χ1n) is 9.95. The summed E-state index contributed by atoms with van der Waals surface area (Å²) in [7, 11) is 0. The Kier molecular flexibility index (Phi) is 3.92. The van der Waals surface area contributed by atoms with Gasteiger partial charge in [0.2, 0.25) is 0 Å². The van der Waals surface area contributed by atoms with Crippen molar-refractivity contribution in [2.24, 2.45) is 0 Å². The van der Waals surface area contributed by atoms with E-state index in [-0.39, 0.29) is 12.1 Å². The molecular weight excluding hydrogens is 334 g/mol. The van der Waals surface area contributed by atoms with Gasteiger partial charge in [-0.25, -0.2) is 4.79 Å². The van der Waals surface area contributed by atoms with Crippen LogP contribution in [0.5, 0.6) is 0 Å². The number of amides is 2. The number of nitrogen functional groups attached to an aromatic ring is 1. The van der Waals surface area contributed by atoms with Gasteiger partial charge in [0.1, 0.15) is 0 Å². The molecule has 2 bridgehead atoms. The SMILES string of the molecule is Nc1ccc(C2=CC3CCC(C2)N3C(=O)N2CCCc3ccccc32)cc1. The van der Waals surface area contributed by atoms with Gasteiger partial charge in [-0.15, -0.1) is 0 Å². The van der Waals surface area contributed by atoms with Gasteiger partial charge in [0.15, 0.2) is 0 Å². The van der Waals surface area contributed by atoms with Crippen LogP contribution in [0.2, 0.25) is 0 Å². The maximum atomic E-state index is 13.5. The number of carbonyl (C=O) groups is 1. The number of rotatable bonds is 1. The molecule has 1 fully saturated rings. The van der Waals surface area contributed by atoms with Crippen LogP contribution < -0.4 is 10.6 Å². The molecule has 2 aromatic carbocycles. The van der Waals surface area contributed by atoms with Gasteiger partial charge in [-0.3, -0.25) is 4.90 Å². The van der Waals surface area contributed by atoms with Crippen LogP contribution in [-0.4, -0.2) is 29.6 Å². The molecule has 0 spiro atoms. The number of aryl methyl sites for hydroxylation is 1. The summed E-state index contributed by atoms with van der Waals surface area (Å²) in [4.78, 5) is 17.6. The van der Waals surface area contributed by atoms with Gasteiger partial charge >= 0.3 is 6.03 Å². The Balaban J connectivity index is 1.43. The van der Waals surface area contributed by atoms with E-state index in [0.29, 0.717) is 6.04 Å². The summed E-state index contributed by atoms with van der Waals surface area (Å²) in [5, 5.41) is 0. The molecule has 1 saturated heterocycles. The van der Waals surface area contributed by atoms with Crippen molar-refractivity contribution in [3.05, 3.63) is 65.7 Å². The van der Waals surface area contributed by atoms with Crippen molar-refractivity contribution < 1.29 is 4.79 Å². The highest BCUT2D eigenvalue weighted by atomic mass is 16.2. The van der Waals surface area contributed by atoms with Crippen molar-refractivity contribution in [3.8, 4) is 0 Å². The predicted octanol–water partition coefficient (Wildman–Crippen LogP) is 4.46. The van der Waals surface area contributed by atoms with Gasteiger partial charge in [-0.2, -0.15) is 0 Å². The first-order valence-corrected chi connectivity index (χ1v) is 9.95. The highest BCUT2D eigenvalue weighted by Gasteiger charge is 2.42. The maximum Gasteiger partial charge on any atom is 0.325 e. The van der Waals surface area contributed by atoms with Crippen LogP contribution in [0.1, 0.15) is 36.8 Å². The number of nitrogens with zero attached hydrogens (tertiary/aromatic N) is 2. The quantitative estimate of drug-likeness (QED) is 0.764. The Hall–Kier alpha value is -2.75. The summed E-state index contributed by atoms with van der Waals surface area (Å²) in [6.07, 6.45) is 7.49. The summed E-state index contributed by atoms with van der Waals surface area (Å²) in [6, 6.07) is 17.1. The van der Waals surface area contributed by atoms with E-state index < -0.39 is 0 Å². The molecule has 0 radical (unpaired) electrons. The van der Waals surface area contributed by atoms with Gasteiger partial charge in [-0.1, -0.05) is 36.4 Å². The molecule has 138 valence electrons. The molecule has 2 atom stereocenters. The Morgan fingerprint density at radius 3 is 2.67 bits per heavy atom. The van der Waals surface area contributed by atoms with Gasteiger partial charge in [-0.05, 0) is 67.0 Å². The number of hydrogen-bond donors (Lipinski definition) is 1. The molecule has 3 aliphatic heterocycles. The van der Waals surface area contributed by atoms with E-state index in [1.165, 1.54) is 16.7 Å². The van der Waals surface area contributed by atoms with E-state index in [4.69, 9.17) is 5.73 Å². The van der Waals surface area contributed by atoms with Crippen molar-refractivity contribution in [1.29, 1.82) is 0 Å². The second-order valence-corrected chi connectivity index (χ2v) is 7.89. The Morgan fingerprint density at radius 2 is 1.85 bits per heavy atom. The van der Waals surface area contributed by atoms with E-state index in [1.807, 2.05) is 23.1 Å². The first-order chi connectivity index (χ1) is 13.2. The molecular formula is C23H25N3O. The lowest BCUT2D eigenvalue weighted by Crippen LogP contribution is -2.51. The normalized spacial score (nSPS) is 23.8. The van der Waals surface area contributed by atoms with Crippen LogP contribution in [-0.2, 0) is 6.42 Å². The molecule has 0 aromatic heterocycles. The standard InChI is InChI=1S/C23H25N3O/c24-19-9-7-16(8-10-19)18-14-20-11-12-21(15-18)26(20)23(27)25-13-3-5-17-4-1-2-6-22(17)25/h1-2,4,6-10,14,20-21H,3,5,11-13,15,24H2. The molecule has 2 aromatic rings. The molecule has 0 saturated carbocycles.